The van der Waals surface area contributed by atoms with Crippen LogP contribution in [-0.4, -0.2) is 58.6 Å². The van der Waals surface area contributed by atoms with Gasteiger partial charge in [-0.1, -0.05) is 6.92 Å². The molecule has 0 unspecified atom stereocenters. The lowest BCUT2D eigenvalue weighted by molar-refractivity contribution is -0.0763. The van der Waals surface area contributed by atoms with Gasteiger partial charge in [0.15, 0.2) is 23.4 Å². The molecule has 218 valence electrons. The largest absolute Gasteiger partial charge is 0.481 e. The molecule has 1 aliphatic rings. The molecule has 5 aromatic rings. The molecule has 0 bridgehead atoms. The number of amides is 1. The minimum Gasteiger partial charge on any atom is -0.481 e. The number of anilines is 1. The number of pyridine rings is 1. The standard InChI is InChI=1S/C30H25FN6O5S/c1-4-16-5-6-17(13-33-16)35-30(38)42-23-7-8-40-15-25(23)41-24-12-26-21(11-20(24)31)37-29(43-26)19-9-18(32-2)10-22-28(19)34-14-27(36-22)39-3/h5-6,9-14,23,25H,4,7-8,15H2,1,3H3,(H,35,38)/t23-,25+/m0/s1. The fourth-order valence-corrected chi connectivity index (χ4v) is 5.64. The molecule has 2 aromatic carbocycles. The number of nitrogens with one attached hydrogen (secondary N) is 1. The maximum absolute atomic E-state index is 15.3. The topological polar surface area (TPSA) is 122 Å². The van der Waals surface area contributed by atoms with Gasteiger partial charge in [0.05, 0.1) is 66.2 Å². The molecule has 1 N–H and O–H groups in total. The second-order valence-electron chi connectivity index (χ2n) is 9.64. The minimum absolute atomic E-state index is 0.0177. The number of carbonyl (C=O) groups excluding carboxylic acids is 1. The fourth-order valence-electron chi connectivity index (χ4n) is 4.65. The smallest absolute Gasteiger partial charge is 0.412 e. The van der Waals surface area contributed by atoms with Crippen LogP contribution in [0.2, 0.25) is 0 Å². The molecule has 6 rings (SSSR count). The van der Waals surface area contributed by atoms with Crippen LogP contribution in [0.25, 0.3) is 36.7 Å². The van der Waals surface area contributed by atoms with E-state index in [1.807, 2.05) is 13.0 Å². The van der Waals surface area contributed by atoms with Gasteiger partial charge in [-0.3, -0.25) is 10.3 Å². The Balaban J connectivity index is 1.24. The van der Waals surface area contributed by atoms with Crippen LogP contribution in [0.5, 0.6) is 11.6 Å². The summed E-state index contributed by atoms with van der Waals surface area (Å²) in [6.07, 6.45) is 2.17. The minimum atomic E-state index is -0.732. The second-order valence-corrected chi connectivity index (χ2v) is 10.7. The third-order valence-electron chi connectivity index (χ3n) is 6.83. The Bertz CT molecular complexity index is 1860. The Kier molecular flexibility index (Phi) is 7.95. The van der Waals surface area contributed by atoms with E-state index in [1.165, 1.54) is 30.7 Å². The van der Waals surface area contributed by atoms with Crippen LogP contribution < -0.4 is 14.8 Å². The predicted molar refractivity (Wildman–Crippen MR) is 158 cm³/mol. The Labute approximate surface area is 249 Å². The zero-order valence-corrected chi connectivity index (χ0v) is 24.0. The number of benzene rings is 2. The highest BCUT2D eigenvalue weighted by Crippen LogP contribution is 2.38. The summed E-state index contributed by atoms with van der Waals surface area (Å²) < 4.78 is 38.3. The van der Waals surface area contributed by atoms with Gasteiger partial charge in [-0.05, 0) is 30.7 Å². The summed E-state index contributed by atoms with van der Waals surface area (Å²) >= 11 is 1.30. The Morgan fingerprint density at radius 3 is 2.81 bits per heavy atom. The summed E-state index contributed by atoms with van der Waals surface area (Å²) in [5.74, 6) is -0.316. The third-order valence-corrected chi connectivity index (χ3v) is 7.89. The molecule has 1 amide bonds. The number of hydrogen-bond acceptors (Lipinski definition) is 10. The predicted octanol–water partition coefficient (Wildman–Crippen LogP) is 6.35. The molecule has 0 spiro atoms. The number of aryl methyl sites for hydroxylation is 1. The Morgan fingerprint density at radius 1 is 1.16 bits per heavy atom. The van der Waals surface area contributed by atoms with E-state index in [0.29, 0.717) is 62.1 Å². The number of ether oxygens (including phenoxy) is 4. The molecule has 0 radical (unpaired) electrons. The zero-order valence-electron chi connectivity index (χ0n) is 23.2. The zero-order chi connectivity index (χ0) is 29.9. The first-order valence-corrected chi connectivity index (χ1v) is 14.3. The van der Waals surface area contributed by atoms with Crippen molar-refractivity contribution in [2.24, 2.45) is 0 Å². The first kappa shape index (κ1) is 28.2. The number of hydrogen-bond donors (Lipinski definition) is 1. The highest BCUT2D eigenvalue weighted by Gasteiger charge is 2.32. The van der Waals surface area contributed by atoms with Crippen LogP contribution in [0.3, 0.4) is 0 Å². The van der Waals surface area contributed by atoms with Crippen molar-refractivity contribution in [3.8, 4) is 22.2 Å². The van der Waals surface area contributed by atoms with Crippen LogP contribution in [0.15, 0.2) is 48.8 Å². The van der Waals surface area contributed by atoms with Crippen molar-refractivity contribution < 1.29 is 28.1 Å². The van der Waals surface area contributed by atoms with Gasteiger partial charge in [-0.25, -0.2) is 29.0 Å². The maximum atomic E-state index is 15.3. The molecular weight excluding hydrogens is 575 g/mol. The highest BCUT2D eigenvalue weighted by atomic mass is 32.1. The first-order valence-electron chi connectivity index (χ1n) is 13.4. The Morgan fingerprint density at radius 2 is 2.05 bits per heavy atom. The molecule has 1 aliphatic heterocycles. The van der Waals surface area contributed by atoms with E-state index in [1.54, 1.807) is 30.5 Å². The number of fused-ring (bicyclic) bond motifs is 2. The number of methoxy groups -OCH3 is 1. The van der Waals surface area contributed by atoms with E-state index in [-0.39, 0.29) is 12.4 Å². The van der Waals surface area contributed by atoms with Crippen molar-refractivity contribution in [3.05, 3.63) is 71.7 Å². The second kappa shape index (κ2) is 12.1. The van der Waals surface area contributed by atoms with Gasteiger partial charge in [0.2, 0.25) is 5.88 Å². The number of thiazole rings is 1. The van der Waals surface area contributed by atoms with E-state index < -0.39 is 24.1 Å². The van der Waals surface area contributed by atoms with E-state index in [2.05, 4.69) is 30.1 Å². The molecular formula is C30H25FN6O5S. The Hall–Kier alpha value is -4.93. The molecule has 1 saturated heterocycles. The average Bonchev–Trinajstić information content (AvgIpc) is 3.44. The lowest BCUT2D eigenvalue weighted by Crippen LogP contribution is -2.44. The van der Waals surface area contributed by atoms with Crippen molar-refractivity contribution in [2.45, 2.75) is 32.0 Å². The molecule has 0 saturated carbocycles. The normalized spacial score (nSPS) is 16.5. The van der Waals surface area contributed by atoms with Gasteiger partial charge in [-0.15, -0.1) is 11.3 Å². The lowest BCUT2D eigenvalue weighted by atomic mass is 10.1. The third kappa shape index (κ3) is 6.01. The van der Waals surface area contributed by atoms with Crippen LogP contribution in [0, 0.1) is 12.4 Å². The monoisotopic (exact) mass is 600 g/mol. The summed E-state index contributed by atoms with van der Waals surface area (Å²) in [5.41, 5.74) is 3.82. The number of aromatic nitrogens is 4. The van der Waals surface area contributed by atoms with Crippen molar-refractivity contribution in [1.82, 2.24) is 19.9 Å². The van der Waals surface area contributed by atoms with Gasteiger partial charge in [-0.2, -0.15) is 0 Å². The average molecular weight is 601 g/mol. The van der Waals surface area contributed by atoms with Crippen molar-refractivity contribution in [2.75, 3.05) is 25.6 Å². The van der Waals surface area contributed by atoms with Crippen molar-refractivity contribution in [3.63, 3.8) is 0 Å². The molecule has 1 fully saturated rings. The van der Waals surface area contributed by atoms with Gasteiger partial charge in [0, 0.05) is 29.8 Å². The number of nitrogens with zero attached hydrogens (tertiary/aromatic N) is 5. The summed E-state index contributed by atoms with van der Waals surface area (Å²) in [6.45, 7) is 9.99. The van der Waals surface area contributed by atoms with Crippen molar-refractivity contribution >= 4 is 50.1 Å². The van der Waals surface area contributed by atoms with E-state index in [0.717, 1.165) is 12.1 Å². The lowest BCUT2D eigenvalue weighted by Gasteiger charge is -2.31. The molecule has 43 heavy (non-hydrogen) atoms. The van der Waals surface area contributed by atoms with Crippen LogP contribution in [-0.2, 0) is 15.9 Å². The molecule has 0 aliphatic carbocycles. The number of halogens is 1. The number of carbonyl (C=O) groups is 1. The fraction of sp³-hybridized carbons (Fsp3) is 0.267. The number of rotatable bonds is 7. The summed E-state index contributed by atoms with van der Waals surface area (Å²) in [5, 5.41) is 3.21. The molecule has 2 atom stereocenters. The quantitative estimate of drug-likeness (QED) is 0.213. The van der Waals surface area contributed by atoms with E-state index in [4.69, 9.17) is 25.5 Å². The van der Waals surface area contributed by atoms with Crippen molar-refractivity contribution in [1.29, 1.82) is 0 Å². The van der Waals surface area contributed by atoms with Gasteiger partial charge >= 0.3 is 6.09 Å². The first-order chi connectivity index (χ1) is 20.9. The van der Waals surface area contributed by atoms with Crippen LogP contribution in [0.1, 0.15) is 19.0 Å². The molecule has 11 nitrogen and oxygen atoms in total. The van der Waals surface area contributed by atoms with Crippen LogP contribution in [0.4, 0.5) is 20.6 Å². The summed E-state index contributed by atoms with van der Waals surface area (Å²) in [7, 11) is 1.49. The van der Waals surface area contributed by atoms with E-state index >= 15 is 4.39 Å². The maximum Gasteiger partial charge on any atom is 0.412 e. The van der Waals surface area contributed by atoms with Gasteiger partial charge in [0.1, 0.15) is 11.1 Å². The summed E-state index contributed by atoms with van der Waals surface area (Å²) in [6, 6.07) is 9.75. The van der Waals surface area contributed by atoms with E-state index in [9.17, 15) is 4.79 Å². The molecule has 13 heteroatoms. The van der Waals surface area contributed by atoms with Gasteiger partial charge in [0.25, 0.3) is 0 Å². The SMILES string of the molecule is [C-]#[N+]c1cc(-c2nc3cc(F)c(O[C@@H]4COCC[C@@H]4OC(=O)Nc4ccc(CC)nc4)cc3s2)c2ncc(OC)nc2c1. The van der Waals surface area contributed by atoms with Crippen LogP contribution >= 0.6 is 11.3 Å². The molecule has 4 heterocycles. The summed E-state index contributed by atoms with van der Waals surface area (Å²) in [4.78, 5) is 33.9. The molecule has 3 aromatic heterocycles. The van der Waals surface area contributed by atoms with Gasteiger partial charge < -0.3 is 18.9 Å². The highest BCUT2D eigenvalue weighted by molar-refractivity contribution is 7.21.